The van der Waals surface area contributed by atoms with Gasteiger partial charge in [-0.3, -0.25) is 0 Å². The highest BCUT2D eigenvalue weighted by molar-refractivity contribution is 7.91. The largest absolute Gasteiger partial charge is 0.391 e. The summed E-state index contributed by atoms with van der Waals surface area (Å²) in [5.74, 6) is 0.157. The third kappa shape index (κ3) is 4.91. The normalized spacial score (nSPS) is 24.3. The maximum Gasteiger partial charge on any atom is 0.250 e. The molecule has 1 atom stereocenters. The first kappa shape index (κ1) is 18.2. The molecule has 5 nitrogen and oxygen atoms in total. The number of rotatable bonds is 7. The molecule has 22 heavy (non-hydrogen) atoms. The molecule has 1 heterocycles. The molecule has 1 aliphatic carbocycles. The van der Waals surface area contributed by atoms with Crippen LogP contribution in [0, 0.1) is 5.92 Å². The van der Waals surface area contributed by atoms with E-state index in [1.54, 1.807) is 6.07 Å². The van der Waals surface area contributed by atoms with Crippen molar-refractivity contribution in [2.24, 2.45) is 5.92 Å². The molecule has 126 valence electrons. The average molecular weight is 367 g/mol. The van der Waals surface area contributed by atoms with E-state index in [1.165, 1.54) is 6.07 Å². The molecule has 2 rings (SSSR count). The second-order valence-electron chi connectivity index (χ2n) is 5.65. The minimum atomic E-state index is -3.58. The second-order valence-corrected chi connectivity index (χ2v) is 9.36. The molecule has 1 fully saturated rings. The summed E-state index contributed by atoms with van der Waals surface area (Å²) in [6.07, 6.45) is 3.26. The van der Waals surface area contributed by atoms with Crippen molar-refractivity contribution in [1.29, 1.82) is 0 Å². The summed E-state index contributed by atoms with van der Waals surface area (Å²) < 4.78 is 27.3. The zero-order chi connectivity index (χ0) is 16.2. The standard InChI is InChI=1S/C14H23ClN2O3S2/c1-2-16-11-5-3-10(4-6-11)12(18)9-17-22(19,20)14-8-7-13(15)21-14/h7-8,10-12,16-18H,2-6,9H2,1H3/t10?,11?,12-/m0/s1. The van der Waals surface area contributed by atoms with Gasteiger partial charge in [0.05, 0.1) is 10.4 Å². The van der Waals surface area contributed by atoms with E-state index in [9.17, 15) is 13.5 Å². The Morgan fingerprint density at radius 1 is 1.36 bits per heavy atom. The van der Waals surface area contributed by atoms with Crippen molar-refractivity contribution in [2.45, 2.75) is 49.0 Å². The molecule has 3 N–H and O–H groups in total. The number of aliphatic hydroxyl groups is 1. The van der Waals surface area contributed by atoms with Gasteiger partial charge >= 0.3 is 0 Å². The van der Waals surface area contributed by atoms with Gasteiger partial charge in [-0.25, -0.2) is 13.1 Å². The van der Waals surface area contributed by atoms with Gasteiger partial charge in [0.2, 0.25) is 10.0 Å². The van der Waals surface area contributed by atoms with Crippen molar-refractivity contribution in [1.82, 2.24) is 10.0 Å². The first-order valence-corrected chi connectivity index (χ1v) is 10.3. The Morgan fingerprint density at radius 2 is 2.05 bits per heavy atom. The Bertz CT molecular complexity index is 568. The van der Waals surface area contributed by atoms with Gasteiger partial charge in [-0.05, 0) is 50.3 Å². The van der Waals surface area contributed by atoms with Crippen molar-refractivity contribution in [3.8, 4) is 0 Å². The fraction of sp³-hybridized carbons (Fsp3) is 0.714. The SMILES string of the molecule is CCNC1CCC([C@@H](O)CNS(=O)(=O)c2ccc(Cl)s2)CC1. The molecule has 0 amide bonds. The first-order chi connectivity index (χ1) is 10.4. The van der Waals surface area contributed by atoms with Crippen molar-refractivity contribution in [3.05, 3.63) is 16.5 Å². The van der Waals surface area contributed by atoms with Crippen LogP contribution in [0.15, 0.2) is 16.3 Å². The molecular weight excluding hydrogens is 344 g/mol. The van der Waals surface area contributed by atoms with Gasteiger partial charge in [-0.2, -0.15) is 0 Å². The summed E-state index contributed by atoms with van der Waals surface area (Å²) in [5.41, 5.74) is 0. The van der Waals surface area contributed by atoms with Gasteiger partial charge in [0, 0.05) is 12.6 Å². The zero-order valence-electron chi connectivity index (χ0n) is 12.6. The maximum atomic E-state index is 12.1. The molecule has 1 aromatic rings. The fourth-order valence-corrected chi connectivity index (χ4v) is 5.45. The summed E-state index contributed by atoms with van der Waals surface area (Å²) in [6, 6.07) is 3.56. The lowest BCUT2D eigenvalue weighted by atomic mass is 9.82. The third-order valence-electron chi connectivity index (χ3n) is 4.10. The third-order valence-corrected chi connectivity index (χ3v) is 7.25. The Labute approximate surface area is 141 Å². The van der Waals surface area contributed by atoms with Crippen LogP contribution in [0.3, 0.4) is 0 Å². The van der Waals surface area contributed by atoms with Crippen LogP contribution in [0.1, 0.15) is 32.6 Å². The van der Waals surface area contributed by atoms with Crippen molar-refractivity contribution in [3.63, 3.8) is 0 Å². The smallest absolute Gasteiger partial charge is 0.250 e. The van der Waals surface area contributed by atoms with E-state index >= 15 is 0 Å². The highest BCUT2D eigenvalue weighted by Gasteiger charge is 2.27. The monoisotopic (exact) mass is 366 g/mol. The number of hydrogen-bond acceptors (Lipinski definition) is 5. The topological polar surface area (TPSA) is 78.4 Å². The van der Waals surface area contributed by atoms with Gasteiger partial charge in [0.1, 0.15) is 4.21 Å². The predicted octanol–water partition coefficient (Wildman–Crippen LogP) is 2.21. The molecule has 0 radical (unpaired) electrons. The van der Waals surface area contributed by atoms with E-state index in [0.29, 0.717) is 10.4 Å². The summed E-state index contributed by atoms with van der Waals surface area (Å²) in [6.45, 7) is 3.10. The lowest BCUT2D eigenvalue weighted by Crippen LogP contribution is -2.40. The molecular formula is C14H23ClN2O3S2. The summed E-state index contributed by atoms with van der Waals surface area (Å²) in [4.78, 5) is 0. The highest BCUT2D eigenvalue weighted by Crippen LogP contribution is 2.28. The van der Waals surface area contributed by atoms with Crippen LogP contribution in [-0.2, 0) is 10.0 Å². The lowest BCUT2D eigenvalue weighted by molar-refractivity contribution is 0.0823. The van der Waals surface area contributed by atoms with Crippen molar-refractivity contribution >= 4 is 33.0 Å². The van der Waals surface area contributed by atoms with Crippen LogP contribution < -0.4 is 10.0 Å². The minimum absolute atomic E-state index is 0.0500. The summed E-state index contributed by atoms with van der Waals surface area (Å²) >= 11 is 6.77. The van der Waals surface area contributed by atoms with Crippen LogP contribution in [0.4, 0.5) is 0 Å². The van der Waals surface area contributed by atoms with Crippen molar-refractivity contribution < 1.29 is 13.5 Å². The summed E-state index contributed by atoms with van der Waals surface area (Å²) in [7, 11) is -3.58. The number of sulfonamides is 1. The molecule has 0 bridgehead atoms. The summed E-state index contributed by atoms with van der Waals surface area (Å²) in [5, 5.41) is 13.7. The van der Waals surface area contributed by atoms with E-state index in [0.717, 1.165) is 43.6 Å². The van der Waals surface area contributed by atoms with Crippen LogP contribution >= 0.6 is 22.9 Å². The number of halogens is 1. The van der Waals surface area contributed by atoms with Gasteiger partial charge in [0.15, 0.2) is 0 Å². The highest BCUT2D eigenvalue weighted by atomic mass is 35.5. The van der Waals surface area contributed by atoms with Crippen LogP contribution in [-0.4, -0.2) is 38.8 Å². The molecule has 0 aliphatic heterocycles. The van der Waals surface area contributed by atoms with E-state index in [1.807, 2.05) is 0 Å². The molecule has 8 heteroatoms. The number of hydrogen-bond donors (Lipinski definition) is 3. The maximum absolute atomic E-state index is 12.1. The molecule has 0 aromatic carbocycles. The molecule has 0 unspecified atom stereocenters. The van der Waals surface area contributed by atoms with E-state index < -0.39 is 16.1 Å². The Balaban J connectivity index is 1.82. The average Bonchev–Trinajstić information content (AvgIpc) is 2.93. The zero-order valence-corrected chi connectivity index (χ0v) is 15.0. The predicted molar refractivity (Wildman–Crippen MR) is 89.9 cm³/mol. The van der Waals surface area contributed by atoms with E-state index in [2.05, 4.69) is 17.0 Å². The molecule has 0 saturated heterocycles. The second kappa shape index (κ2) is 8.08. The van der Waals surface area contributed by atoms with Crippen LogP contribution in [0.25, 0.3) is 0 Å². The minimum Gasteiger partial charge on any atom is -0.391 e. The Hall–Kier alpha value is -0.180. The van der Waals surface area contributed by atoms with E-state index in [4.69, 9.17) is 11.6 Å². The Kier molecular flexibility index (Phi) is 6.67. The number of thiophene rings is 1. The van der Waals surface area contributed by atoms with E-state index in [-0.39, 0.29) is 16.7 Å². The Morgan fingerprint density at radius 3 is 2.59 bits per heavy atom. The van der Waals surface area contributed by atoms with Crippen LogP contribution in [0.5, 0.6) is 0 Å². The fourth-order valence-electron chi connectivity index (χ4n) is 2.87. The van der Waals surface area contributed by atoms with Gasteiger partial charge in [-0.1, -0.05) is 18.5 Å². The number of nitrogens with one attached hydrogen (secondary N) is 2. The van der Waals surface area contributed by atoms with Crippen LogP contribution in [0.2, 0.25) is 4.34 Å². The van der Waals surface area contributed by atoms with Gasteiger partial charge in [-0.15, -0.1) is 11.3 Å². The quantitative estimate of drug-likeness (QED) is 0.691. The van der Waals surface area contributed by atoms with Gasteiger partial charge < -0.3 is 10.4 Å². The lowest BCUT2D eigenvalue weighted by Gasteiger charge is -2.31. The first-order valence-electron chi connectivity index (χ1n) is 7.59. The van der Waals surface area contributed by atoms with Gasteiger partial charge in [0.25, 0.3) is 0 Å². The molecule has 1 saturated carbocycles. The molecule has 1 aliphatic rings. The molecule has 1 aromatic heterocycles. The number of aliphatic hydroxyl groups excluding tert-OH is 1. The van der Waals surface area contributed by atoms with Crippen molar-refractivity contribution in [2.75, 3.05) is 13.1 Å². The molecule has 0 spiro atoms.